The van der Waals surface area contributed by atoms with E-state index < -0.39 is 6.61 Å². The molecule has 1 N–H and O–H groups in total. The molecule has 0 heterocycles. The molecule has 0 fully saturated rings. The van der Waals surface area contributed by atoms with Crippen LogP contribution in [-0.2, 0) is 6.54 Å². The molecular weight excluding hydrogens is 300 g/mol. The molecule has 0 atom stereocenters. The van der Waals surface area contributed by atoms with Crippen molar-refractivity contribution in [3.05, 3.63) is 53.1 Å². The second-order valence-corrected chi connectivity index (χ2v) is 4.66. The van der Waals surface area contributed by atoms with E-state index in [9.17, 15) is 8.78 Å². The van der Waals surface area contributed by atoms with Crippen molar-refractivity contribution >= 4 is 17.3 Å². The van der Waals surface area contributed by atoms with Crippen LogP contribution in [0.25, 0.3) is 0 Å². The smallest absolute Gasteiger partial charge is 0.387 e. The zero-order valence-corrected chi connectivity index (χ0v) is 12.0. The van der Waals surface area contributed by atoms with Crippen LogP contribution in [0.5, 0.6) is 11.5 Å². The van der Waals surface area contributed by atoms with Gasteiger partial charge in [0.1, 0.15) is 11.5 Å². The molecule has 0 aliphatic rings. The van der Waals surface area contributed by atoms with E-state index >= 15 is 0 Å². The second kappa shape index (κ2) is 7.13. The van der Waals surface area contributed by atoms with Crippen molar-refractivity contribution in [3.8, 4) is 11.5 Å². The summed E-state index contributed by atoms with van der Waals surface area (Å²) in [5, 5.41) is 3.78. The Labute approximate surface area is 126 Å². The van der Waals surface area contributed by atoms with E-state index in [0.717, 1.165) is 11.3 Å². The van der Waals surface area contributed by atoms with Crippen LogP contribution in [0.15, 0.2) is 42.5 Å². The molecule has 0 spiro atoms. The molecule has 112 valence electrons. The van der Waals surface area contributed by atoms with Crippen LogP contribution >= 0.6 is 11.6 Å². The summed E-state index contributed by atoms with van der Waals surface area (Å²) in [5.41, 5.74) is 1.68. The minimum atomic E-state index is -2.82. The molecule has 0 unspecified atom stereocenters. The lowest BCUT2D eigenvalue weighted by atomic mass is 10.2. The number of nitrogens with one attached hydrogen (secondary N) is 1. The van der Waals surface area contributed by atoms with Gasteiger partial charge in [0.15, 0.2) is 0 Å². The van der Waals surface area contributed by atoms with Crippen molar-refractivity contribution < 1.29 is 18.3 Å². The molecule has 0 bridgehead atoms. The molecular formula is C15H14ClF2NO2. The number of rotatable bonds is 6. The summed E-state index contributed by atoms with van der Waals surface area (Å²) in [6.07, 6.45) is 0. The molecule has 0 aliphatic carbocycles. The molecule has 0 radical (unpaired) electrons. The standard InChI is InChI=1S/C15H14ClF2NO2/c1-20-14-7-4-11(16)8-13(14)19-9-10-2-5-12(6-3-10)21-15(17)18/h2-8,15,19H,9H2,1H3. The maximum Gasteiger partial charge on any atom is 0.387 e. The van der Waals surface area contributed by atoms with Crippen LogP contribution in [-0.4, -0.2) is 13.7 Å². The fraction of sp³-hybridized carbons (Fsp3) is 0.200. The predicted molar refractivity (Wildman–Crippen MR) is 78.4 cm³/mol. The SMILES string of the molecule is COc1ccc(Cl)cc1NCc1ccc(OC(F)F)cc1. The van der Waals surface area contributed by atoms with Crippen LogP contribution in [0.3, 0.4) is 0 Å². The number of hydrogen-bond donors (Lipinski definition) is 1. The van der Waals surface area contributed by atoms with Crippen LogP contribution in [0.4, 0.5) is 14.5 Å². The van der Waals surface area contributed by atoms with Crippen molar-refractivity contribution in [2.75, 3.05) is 12.4 Å². The average Bonchev–Trinajstić information content (AvgIpc) is 2.46. The molecule has 21 heavy (non-hydrogen) atoms. The van der Waals surface area contributed by atoms with Crippen molar-refractivity contribution in [2.45, 2.75) is 13.2 Å². The normalized spacial score (nSPS) is 10.5. The number of halogens is 3. The maximum atomic E-state index is 12.1. The van der Waals surface area contributed by atoms with Gasteiger partial charge in [-0.05, 0) is 35.9 Å². The first kappa shape index (κ1) is 15.4. The summed E-state index contributed by atoms with van der Waals surface area (Å²) >= 11 is 5.94. The van der Waals surface area contributed by atoms with Gasteiger partial charge in [-0.25, -0.2) is 0 Å². The highest BCUT2D eigenvalue weighted by Crippen LogP contribution is 2.28. The molecule has 0 aromatic heterocycles. The summed E-state index contributed by atoms with van der Waals surface area (Å²) in [7, 11) is 1.57. The summed E-state index contributed by atoms with van der Waals surface area (Å²) in [5.74, 6) is 0.811. The minimum absolute atomic E-state index is 0.133. The highest BCUT2D eigenvalue weighted by molar-refractivity contribution is 6.30. The molecule has 3 nitrogen and oxygen atoms in total. The highest BCUT2D eigenvalue weighted by Gasteiger charge is 2.05. The summed E-state index contributed by atoms with van der Waals surface area (Å²) in [6, 6.07) is 11.7. The van der Waals surface area contributed by atoms with E-state index in [1.165, 1.54) is 12.1 Å². The van der Waals surface area contributed by atoms with E-state index in [0.29, 0.717) is 17.3 Å². The number of methoxy groups -OCH3 is 1. The Kier molecular flexibility index (Phi) is 5.22. The minimum Gasteiger partial charge on any atom is -0.495 e. The zero-order chi connectivity index (χ0) is 15.2. The Morgan fingerprint density at radius 1 is 1.14 bits per heavy atom. The van der Waals surface area contributed by atoms with Crippen LogP contribution in [0.2, 0.25) is 5.02 Å². The van der Waals surface area contributed by atoms with Crippen LogP contribution < -0.4 is 14.8 Å². The fourth-order valence-corrected chi connectivity index (χ4v) is 1.98. The lowest BCUT2D eigenvalue weighted by molar-refractivity contribution is -0.0498. The lowest BCUT2D eigenvalue weighted by Crippen LogP contribution is -2.03. The van der Waals surface area contributed by atoms with E-state index in [2.05, 4.69) is 10.1 Å². The quantitative estimate of drug-likeness (QED) is 0.848. The number of anilines is 1. The molecule has 0 amide bonds. The number of alkyl halides is 2. The third-order valence-electron chi connectivity index (χ3n) is 2.79. The van der Waals surface area contributed by atoms with Gasteiger partial charge in [0.25, 0.3) is 0 Å². The van der Waals surface area contributed by atoms with Gasteiger partial charge < -0.3 is 14.8 Å². The molecule has 0 saturated heterocycles. The third-order valence-corrected chi connectivity index (χ3v) is 3.03. The Bertz CT molecular complexity index is 591. The third kappa shape index (κ3) is 4.49. The fourth-order valence-electron chi connectivity index (χ4n) is 1.80. The Morgan fingerprint density at radius 3 is 2.48 bits per heavy atom. The monoisotopic (exact) mass is 313 g/mol. The van der Waals surface area contributed by atoms with Crippen molar-refractivity contribution in [2.24, 2.45) is 0 Å². The predicted octanol–water partition coefficient (Wildman–Crippen LogP) is 4.56. The first-order chi connectivity index (χ1) is 10.1. The van der Waals surface area contributed by atoms with Crippen LogP contribution in [0, 0.1) is 0 Å². The van der Waals surface area contributed by atoms with Gasteiger partial charge in [0.05, 0.1) is 12.8 Å². The van der Waals surface area contributed by atoms with E-state index in [1.54, 1.807) is 37.4 Å². The molecule has 2 aromatic carbocycles. The van der Waals surface area contributed by atoms with Crippen LogP contribution in [0.1, 0.15) is 5.56 Å². The van der Waals surface area contributed by atoms with Gasteiger partial charge in [-0.15, -0.1) is 0 Å². The van der Waals surface area contributed by atoms with Gasteiger partial charge in [-0.1, -0.05) is 23.7 Å². The maximum absolute atomic E-state index is 12.1. The Morgan fingerprint density at radius 2 is 1.86 bits per heavy atom. The van der Waals surface area contributed by atoms with Crippen molar-refractivity contribution in [1.82, 2.24) is 0 Å². The summed E-state index contributed by atoms with van der Waals surface area (Å²) in [4.78, 5) is 0. The Hall–Kier alpha value is -2.01. The van der Waals surface area contributed by atoms with Gasteiger partial charge in [-0.2, -0.15) is 8.78 Å². The molecule has 2 aromatic rings. The lowest BCUT2D eigenvalue weighted by Gasteiger charge is -2.12. The topological polar surface area (TPSA) is 30.5 Å². The molecule has 0 saturated carbocycles. The number of ether oxygens (including phenoxy) is 2. The highest BCUT2D eigenvalue weighted by atomic mass is 35.5. The van der Waals surface area contributed by atoms with Gasteiger partial charge in [-0.3, -0.25) is 0 Å². The molecule has 2 rings (SSSR count). The summed E-state index contributed by atoms with van der Waals surface area (Å²) in [6.45, 7) is -2.31. The number of benzene rings is 2. The first-order valence-electron chi connectivity index (χ1n) is 6.19. The van der Waals surface area contributed by atoms with E-state index in [1.807, 2.05) is 0 Å². The zero-order valence-electron chi connectivity index (χ0n) is 11.3. The average molecular weight is 314 g/mol. The number of hydrogen-bond acceptors (Lipinski definition) is 3. The van der Waals surface area contributed by atoms with Crippen molar-refractivity contribution in [3.63, 3.8) is 0 Å². The second-order valence-electron chi connectivity index (χ2n) is 4.22. The molecule has 6 heteroatoms. The largest absolute Gasteiger partial charge is 0.495 e. The Balaban J connectivity index is 2.01. The van der Waals surface area contributed by atoms with E-state index in [-0.39, 0.29) is 5.75 Å². The van der Waals surface area contributed by atoms with Gasteiger partial charge >= 0.3 is 6.61 Å². The van der Waals surface area contributed by atoms with Crippen molar-refractivity contribution in [1.29, 1.82) is 0 Å². The van der Waals surface area contributed by atoms with Gasteiger partial charge in [0.2, 0.25) is 0 Å². The first-order valence-corrected chi connectivity index (χ1v) is 6.57. The van der Waals surface area contributed by atoms with E-state index in [4.69, 9.17) is 16.3 Å². The summed E-state index contributed by atoms with van der Waals surface area (Å²) < 4.78 is 33.6. The van der Waals surface area contributed by atoms with Gasteiger partial charge in [0, 0.05) is 11.6 Å². The molecule has 0 aliphatic heterocycles.